The number of amides is 1. The fraction of sp³-hybridized carbons (Fsp3) is 0.500. The summed E-state index contributed by atoms with van der Waals surface area (Å²) in [5.41, 5.74) is 2.28. The molecule has 4 rings (SSSR count). The summed E-state index contributed by atoms with van der Waals surface area (Å²) in [7, 11) is 0. The summed E-state index contributed by atoms with van der Waals surface area (Å²) in [4.78, 5) is 27.5. The minimum Gasteiger partial charge on any atom is -0.353 e. The summed E-state index contributed by atoms with van der Waals surface area (Å²) in [6.07, 6.45) is 9.58. The van der Waals surface area contributed by atoms with Crippen molar-refractivity contribution in [3.8, 4) is 0 Å². The quantitative estimate of drug-likeness (QED) is 0.562. The van der Waals surface area contributed by atoms with E-state index in [4.69, 9.17) is 0 Å². The van der Waals surface area contributed by atoms with Crippen molar-refractivity contribution in [2.24, 2.45) is 0 Å². The third-order valence-electron chi connectivity index (χ3n) is 7.35. The SMILES string of the molecule is O=C(CCCC(=O)c1ccccc1)NC1CCC(c2ccccc2)(N2CCCCC2)CC1. The zero-order valence-corrected chi connectivity index (χ0v) is 19.1. The molecule has 2 aromatic carbocycles. The highest BCUT2D eigenvalue weighted by atomic mass is 16.1. The van der Waals surface area contributed by atoms with Gasteiger partial charge in [0.25, 0.3) is 0 Å². The van der Waals surface area contributed by atoms with Gasteiger partial charge < -0.3 is 5.32 Å². The molecule has 2 fully saturated rings. The number of likely N-dealkylation sites (tertiary alicyclic amines) is 1. The van der Waals surface area contributed by atoms with E-state index in [1.54, 1.807) is 0 Å². The number of hydrogen-bond acceptors (Lipinski definition) is 3. The Labute approximate surface area is 192 Å². The number of piperidine rings is 1. The highest BCUT2D eigenvalue weighted by Gasteiger charge is 2.42. The number of hydrogen-bond donors (Lipinski definition) is 1. The fourth-order valence-electron chi connectivity index (χ4n) is 5.58. The first-order chi connectivity index (χ1) is 15.7. The Morgan fingerprint density at radius 1 is 0.844 bits per heavy atom. The van der Waals surface area contributed by atoms with Crippen molar-refractivity contribution >= 4 is 11.7 Å². The zero-order valence-electron chi connectivity index (χ0n) is 19.1. The van der Waals surface area contributed by atoms with Gasteiger partial charge in [0.1, 0.15) is 0 Å². The highest BCUT2D eigenvalue weighted by Crippen LogP contribution is 2.43. The second-order valence-corrected chi connectivity index (χ2v) is 9.43. The predicted octanol–water partition coefficient (Wildman–Crippen LogP) is 5.48. The molecule has 0 unspecified atom stereocenters. The maximum absolute atomic E-state index is 12.5. The summed E-state index contributed by atoms with van der Waals surface area (Å²) in [5, 5.41) is 3.26. The molecule has 2 aromatic rings. The molecule has 1 aliphatic heterocycles. The maximum Gasteiger partial charge on any atom is 0.220 e. The van der Waals surface area contributed by atoms with Crippen molar-refractivity contribution in [3.63, 3.8) is 0 Å². The molecule has 4 heteroatoms. The molecule has 0 radical (unpaired) electrons. The molecular weight excluding hydrogens is 396 g/mol. The Morgan fingerprint density at radius 2 is 1.47 bits per heavy atom. The molecule has 1 amide bonds. The van der Waals surface area contributed by atoms with Crippen molar-refractivity contribution < 1.29 is 9.59 Å². The standard InChI is InChI=1S/C28H36N2O2/c31-26(23-11-4-1-5-12-23)15-10-16-27(32)29-25-17-19-28(20-18-25,24-13-6-2-7-14-24)30-21-8-3-9-22-30/h1-2,4-7,11-14,25H,3,8-10,15-22H2,(H,29,32). The van der Waals surface area contributed by atoms with Gasteiger partial charge in [0.2, 0.25) is 5.91 Å². The van der Waals surface area contributed by atoms with Crippen LogP contribution in [0.2, 0.25) is 0 Å². The van der Waals surface area contributed by atoms with Crippen molar-refractivity contribution in [1.29, 1.82) is 0 Å². The van der Waals surface area contributed by atoms with E-state index in [1.165, 1.54) is 37.9 Å². The van der Waals surface area contributed by atoms with E-state index in [9.17, 15) is 9.59 Å². The number of carbonyl (C=O) groups is 2. The Balaban J connectivity index is 1.28. The van der Waals surface area contributed by atoms with Crippen LogP contribution in [0.1, 0.15) is 80.1 Å². The zero-order chi connectivity index (χ0) is 22.2. The van der Waals surface area contributed by atoms with Gasteiger partial charge in [-0.3, -0.25) is 14.5 Å². The predicted molar refractivity (Wildman–Crippen MR) is 129 cm³/mol. The lowest BCUT2D eigenvalue weighted by atomic mass is 9.73. The van der Waals surface area contributed by atoms with Gasteiger partial charge in [-0.05, 0) is 63.6 Å². The minimum absolute atomic E-state index is 0.0843. The third-order valence-corrected chi connectivity index (χ3v) is 7.35. The molecular formula is C28H36N2O2. The highest BCUT2D eigenvalue weighted by molar-refractivity contribution is 5.96. The Bertz CT molecular complexity index is 867. The first-order valence-corrected chi connectivity index (χ1v) is 12.4. The van der Waals surface area contributed by atoms with Crippen LogP contribution in [-0.2, 0) is 10.3 Å². The minimum atomic E-state index is 0.0843. The molecule has 0 aromatic heterocycles. The summed E-state index contributed by atoms with van der Waals surface area (Å²) in [6, 6.07) is 20.6. The van der Waals surface area contributed by atoms with Gasteiger partial charge in [0, 0.05) is 30.0 Å². The van der Waals surface area contributed by atoms with Crippen molar-refractivity contribution in [3.05, 3.63) is 71.8 Å². The summed E-state index contributed by atoms with van der Waals surface area (Å²) in [5.74, 6) is 0.200. The molecule has 0 atom stereocenters. The van der Waals surface area contributed by atoms with E-state index in [0.717, 1.165) is 31.2 Å². The van der Waals surface area contributed by atoms with E-state index >= 15 is 0 Å². The van der Waals surface area contributed by atoms with Crippen LogP contribution >= 0.6 is 0 Å². The molecule has 1 N–H and O–H groups in total. The summed E-state index contributed by atoms with van der Waals surface area (Å²) in [6.45, 7) is 2.36. The van der Waals surface area contributed by atoms with E-state index in [1.807, 2.05) is 30.3 Å². The normalized spacial score (nSPS) is 24.1. The largest absolute Gasteiger partial charge is 0.353 e. The van der Waals surface area contributed by atoms with Gasteiger partial charge in [-0.2, -0.15) is 0 Å². The number of nitrogens with one attached hydrogen (secondary N) is 1. The number of carbonyl (C=O) groups excluding carboxylic acids is 2. The average molecular weight is 433 g/mol. The number of nitrogens with zero attached hydrogens (tertiary/aromatic N) is 1. The first kappa shape index (κ1) is 22.7. The molecule has 0 spiro atoms. The number of benzene rings is 2. The molecule has 170 valence electrons. The third kappa shape index (κ3) is 5.47. The number of Topliss-reactive ketones (excluding diaryl/α,β-unsaturated/α-hetero) is 1. The van der Waals surface area contributed by atoms with Crippen LogP contribution < -0.4 is 5.32 Å². The van der Waals surface area contributed by atoms with Gasteiger partial charge >= 0.3 is 0 Å². The second-order valence-electron chi connectivity index (χ2n) is 9.43. The van der Waals surface area contributed by atoms with E-state index in [-0.39, 0.29) is 23.3 Å². The average Bonchev–Trinajstić information content (AvgIpc) is 2.86. The monoisotopic (exact) mass is 432 g/mol. The van der Waals surface area contributed by atoms with Crippen molar-refractivity contribution in [1.82, 2.24) is 10.2 Å². The van der Waals surface area contributed by atoms with Crippen LogP contribution in [0.3, 0.4) is 0 Å². The maximum atomic E-state index is 12.5. The Kier molecular flexibility index (Phi) is 7.75. The topological polar surface area (TPSA) is 49.4 Å². The van der Waals surface area contributed by atoms with E-state index in [0.29, 0.717) is 19.3 Å². The van der Waals surface area contributed by atoms with Crippen LogP contribution in [0.5, 0.6) is 0 Å². The fourth-order valence-corrected chi connectivity index (χ4v) is 5.58. The smallest absolute Gasteiger partial charge is 0.220 e. The van der Waals surface area contributed by atoms with E-state index < -0.39 is 0 Å². The first-order valence-electron chi connectivity index (χ1n) is 12.4. The van der Waals surface area contributed by atoms with Crippen LogP contribution in [-0.4, -0.2) is 35.7 Å². The van der Waals surface area contributed by atoms with Gasteiger partial charge in [-0.15, -0.1) is 0 Å². The molecule has 1 saturated carbocycles. The van der Waals surface area contributed by atoms with Crippen LogP contribution in [0.4, 0.5) is 0 Å². The van der Waals surface area contributed by atoms with Crippen molar-refractivity contribution in [2.45, 2.75) is 75.8 Å². The van der Waals surface area contributed by atoms with Crippen LogP contribution in [0.15, 0.2) is 60.7 Å². The number of rotatable bonds is 8. The Morgan fingerprint density at radius 3 is 2.12 bits per heavy atom. The van der Waals surface area contributed by atoms with Gasteiger partial charge in [0.15, 0.2) is 5.78 Å². The lowest BCUT2D eigenvalue weighted by Gasteiger charge is -2.50. The van der Waals surface area contributed by atoms with Crippen LogP contribution in [0, 0.1) is 0 Å². The van der Waals surface area contributed by atoms with Gasteiger partial charge in [-0.1, -0.05) is 67.1 Å². The molecule has 1 heterocycles. The second kappa shape index (κ2) is 10.9. The molecule has 1 saturated heterocycles. The lowest BCUT2D eigenvalue weighted by Crippen LogP contribution is -2.53. The van der Waals surface area contributed by atoms with Gasteiger partial charge in [-0.25, -0.2) is 0 Å². The molecule has 4 nitrogen and oxygen atoms in total. The van der Waals surface area contributed by atoms with Crippen LogP contribution in [0.25, 0.3) is 0 Å². The molecule has 0 bridgehead atoms. The molecule has 32 heavy (non-hydrogen) atoms. The molecule has 1 aliphatic carbocycles. The lowest BCUT2D eigenvalue weighted by molar-refractivity contribution is -0.122. The van der Waals surface area contributed by atoms with E-state index in [2.05, 4.69) is 40.5 Å². The molecule has 2 aliphatic rings. The number of ketones is 1. The summed E-state index contributed by atoms with van der Waals surface area (Å²) < 4.78 is 0. The Hall–Kier alpha value is -2.46. The summed E-state index contributed by atoms with van der Waals surface area (Å²) >= 11 is 0. The van der Waals surface area contributed by atoms with Crippen molar-refractivity contribution in [2.75, 3.05) is 13.1 Å². The van der Waals surface area contributed by atoms with Gasteiger partial charge in [0.05, 0.1) is 0 Å².